The molecule has 3 rings (SSSR count). The van der Waals surface area contributed by atoms with Crippen LogP contribution >= 0.6 is 46.9 Å². The Balaban J connectivity index is 0.00000261. The van der Waals surface area contributed by atoms with E-state index in [1.54, 1.807) is 11.3 Å². The monoisotopic (exact) mass is 520 g/mol. The lowest BCUT2D eigenvalue weighted by molar-refractivity contribution is 0.181. The average molecular weight is 521 g/mol. The summed E-state index contributed by atoms with van der Waals surface area (Å²) >= 11 is 7.69. The number of rotatable bonds is 5. The van der Waals surface area contributed by atoms with Gasteiger partial charge >= 0.3 is 0 Å². The number of guanidine groups is 1. The number of benzene rings is 1. The van der Waals surface area contributed by atoms with Gasteiger partial charge < -0.3 is 15.0 Å². The summed E-state index contributed by atoms with van der Waals surface area (Å²) in [5.41, 5.74) is 2.12. The topological polar surface area (TPSA) is 49.8 Å². The summed E-state index contributed by atoms with van der Waals surface area (Å²) in [6, 6.07) is 7.82. The summed E-state index contributed by atoms with van der Waals surface area (Å²) in [5, 5.41) is 5.21. The van der Waals surface area contributed by atoms with Gasteiger partial charge in [-0.15, -0.1) is 35.3 Å². The third-order valence-corrected chi connectivity index (χ3v) is 5.71. The zero-order chi connectivity index (χ0) is 18.5. The fourth-order valence-electron chi connectivity index (χ4n) is 3.14. The molecule has 1 unspecified atom stereocenters. The first-order valence-electron chi connectivity index (χ1n) is 8.78. The number of ether oxygens (including phenoxy) is 1. The minimum Gasteiger partial charge on any atom is -0.381 e. The van der Waals surface area contributed by atoms with Crippen LogP contribution in [-0.4, -0.2) is 49.7 Å². The number of hydrogen-bond donors (Lipinski definition) is 1. The maximum Gasteiger partial charge on any atom is 0.193 e. The normalized spacial score (nSPS) is 16.9. The van der Waals surface area contributed by atoms with Crippen LogP contribution in [0, 0.1) is 12.8 Å². The minimum absolute atomic E-state index is 0. The predicted molar refractivity (Wildman–Crippen MR) is 124 cm³/mol. The van der Waals surface area contributed by atoms with Gasteiger partial charge in [-0.1, -0.05) is 23.7 Å². The van der Waals surface area contributed by atoms with Gasteiger partial charge in [-0.05, 0) is 25.5 Å². The van der Waals surface area contributed by atoms with Crippen molar-refractivity contribution >= 4 is 52.9 Å². The van der Waals surface area contributed by atoms with E-state index in [0.29, 0.717) is 12.5 Å². The molecule has 0 bridgehead atoms. The SMILES string of the molecule is CN=C(NCc1nc(-c2ccc(Cl)cc2)c(C)s1)N(C)CC1CCOC1.I. The molecule has 2 heterocycles. The van der Waals surface area contributed by atoms with E-state index in [9.17, 15) is 0 Å². The van der Waals surface area contributed by atoms with Crippen molar-refractivity contribution in [3.05, 3.63) is 39.2 Å². The molecule has 0 saturated carbocycles. The molecule has 8 heteroatoms. The van der Waals surface area contributed by atoms with E-state index in [1.165, 1.54) is 4.88 Å². The first-order chi connectivity index (χ1) is 12.6. The molecule has 0 spiro atoms. The van der Waals surface area contributed by atoms with Crippen LogP contribution in [-0.2, 0) is 11.3 Å². The van der Waals surface area contributed by atoms with Gasteiger partial charge in [-0.3, -0.25) is 4.99 Å². The van der Waals surface area contributed by atoms with E-state index >= 15 is 0 Å². The maximum atomic E-state index is 5.98. The molecule has 0 radical (unpaired) electrons. The number of thiazole rings is 1. The molecule has 0 aliphatic carbocycles. The van der Waals surface area contributed by atoms with Crippen LogP contribution in [0.1, 0.15) is 16.3 Å². The summed E-state index contributed by atoms with van der Waals surface area (Å²) in [4.78, 5) is 12.6. The Hall–Kier alpha value is -0.900. The van der Waals surface area contributed by atoms with E-state index in [4.69, 9.17) is 21.3 Å². The van der Waals surface area contributed by atoms with Crippen LogP contribution in [0.3, 0.4) is 0 Å². The molecular weight excluding hydrogens is 495 g/mol. The third kappa shape index (κ3) is 6.04. The summed E-state index contributed by atoms with van der Waals surface area (Å²) in [6.45, 7) is 5.43. The first-order valence-corrected chi connectivity index (χ1v) is 9.98. The van der Waals surface area contributed by atoms with Crippen molar-refractivity contribution in [3.8, 4) is 11.3 Å². The zero-order valence-corrected chi connectivity index (χ0v) is 19.8. The highest BCUT2D eigenvalue weighted by atomic mass is 127. The Morgan fingerprint density at radius 1 is 1.41 bits per heavy atom. The number of nitrogens with zero attached hydrogens (tertiary/aromatic N) is 3. The summed E-state index contributed by atoms with van der Waals surface area (Å²) in [5.74, 6) is 1.47. The van der Waals surface area contributed by atoms with Crippen LogP contribution in [0.4, 0.5) is 0 Å². The predicted octanol–water partition coefficient (Wildman–Crippen LogP) is 4.43. The summed E-state index contributed by atoms with van der Waals surface area (Å²) < 4.78 is 5.46. The van der Waals surface area contributed by atoms with Crippen molar-refractivity contribution in [2.45, 2.75) is 19.9 Å². The van der Waals surface area contributed by atoms with Crippen LogP contribution in [0.5, 0.6) is 0 Å². The smallest absolute Gasteiger partial charge is 0.193 e. The van der Waals surface area contributed by atoms with Crippen LogP contribution in [0.2, 0.25) is 5.02 Å². The van der Waals surface area contributed by atoms with Gasteiger partial charge in [0.25, 0.3) is 0 Å². The number of hydrogen-bond acceptors (Lipinski definition) is 4. The second-order valence-electron chi connectivity index (χ2n) is 6.53. The first kappa shape index (κ1) is 22.4. The molecular formula is C19H26ClIN4OS. The largest absolute Gasteiger partial charge is 0.381 e. The highest BCUT2D eigenvalue weighted by Gasteiger charge is 2.19. The molecule has 5 nitrogen and oxygen atoms in total. The lowest BCUT2D eigenvalue weighted by Gasteiger charge is -2.24. The highest BCUT2D eigenvalue weighted by molar-refractivity contribution is 14.0. The number of aliphatic imine (C=N–C) groups is 1. The lowest BCUT2D eigenvalue weighted by atomic mass is 10.1. The summed E-state index contributed by atoms with van der Waals surface area (Å²) in [6.07, 6.45) is 1.12. The molecule has 1 atom stereocenters. The Morgan fingerprint density at radius 2 is 2.15 bits per heavy atom. The number of aromatic nitrogens is 1. The fourth-order valence-corrected chi connectivity index (χ4v) is 4.16. The van der Waals surface area contributed by atoms with Crippen molar-refractivity contribution in [2.24, 2.45) is 10.9 Å². The molecule has 1 N–H and O–H groups in total. The van der Waals surface area contributed by atoms with Gasteiger partial charge in [-0.2, -0.15) is 0 Å². The Labute approximate surface area is 187 Å². The molecule has 1 aromatic heterocycles. The van der Waals surface area contributed by atoms with Crippen LogP contribution in [0.15, 0.2) is 29.3 Å². The third-order valence-electron chi connectivity index (χ3n) is 4.49. The van der Waals surface area contributed by atoms with Gasteiger partial charge in [0.2, 0.25) is 0 Å². The zero-order valence-electron chi connectivity index (χ0n) is 15.9. The van der Waals surface area contributed by atoms with Crippen molar-refractivity contribution in [3.63, 3.8) is 0 Å². The molecule has 1 aliphatic heterocycles. The standard InChI is InChI=1S/C19H25ClN4OS.HI/c1-13-18(15-4-6-16(20)7-5-15)23-17(26-13)10-22-19(21-2)24(3)11-14-8-9-25-12-14;/h4-7,14H,8-12H2,1-3H3,(H,21,22);1H. The highest BCUT2D eigenvalue weighted by Crippen LogP contribution is 2.28. The number of halogens is 2. The van der Waals surface area contributed by atoms with Gasteiger partial charge in [0.15, 0.2) is 5.96 Å². The van der Waals surface area contributed by atoms with Crippen molar-refractivity contribution in [1.82, 2.24) is 15.2 Å². The van der Waals surface area contributed by atoms with Gasteiger partial charge in [0, 0.05) is 48.6 Å². The number of nitrogens with one attached hydrogen (secondary N) is 1. The van der Waals surface area contributed by atoms with Crippen molar-refractivity contribution in [1.29, 1.82) is 0 Å². The molecule has 27 heavy (non-hydrogen) atoms. The van der Waals surface area contributed by atoms with E-state index in [1.807, 2.05) is 31.3 Å². The van der Waals surface area contributed by atoms with E-state index in [2.05, 4.69) is 29.2 Å². The second-order valence-corrected chi connectivity index (χ2v) is 8.25. The van der Waals surface area contributed by atoms with E-state index < -0.39 is 0 Å². The van der Waals surface area contributed by atoms with Gasteiger partial charge in [0.05, 0.1) is 18.8 Å². The van der Waals surface area contributed by atoms with E-state index in [-0.39, 0.29) is 24.0 Å². The molecule has 148 valence electrons. The summed E-state index contributed by atoms with van der Waals surface area (Å²) in [7, 11) is 3.89. The van der Waals surface area contributed by atoms with Crippen LogP contribution in [0.25, 0.3) is 11.3 Å². The van der Waals surface area contributed by atoms with Gasteiger partial charge in [0.1, 0.15) is 5.01 Å². The molecule has 1 saturated heterocycles. The fraction of sp³-hybridized carbons (Fsp3) is 0.474. The average Bonchev–Trinajstić information content (AvgIpc) is 3.26. The molecule has 0 amide bonds. The van der Waals surface area contributed by atoms with Crippen LogP contribution < -0.4 is 5.32 Å². The Bertz CT molecular complexity index is 760. The lowest BCUT2D eigenvalue weighted by Crippen LogP contribution is -2.41. The van der Waals surface area contributed by atoms with E-state index in [0.717, 1.165) is 53.4 Å². The molecule has 2 aromatic rings. The van der Waals surface area contributed by atoms with Gasteiger partial charge in [-0.25, -0.2) is 4.98 Å². The van der Waals surface area contributed by atoms with Crippen molar-refractivity contribution in [2.75, 3.05) is 33.9 Å². The maximum absolute atomic E-state index is 5.98. The second kappa shape index (κ2) is 10.6. The molecule has 1 fully saturated rings. The molecule has 1 aliphatic rings. The quantitative estimate of drug-likeness (QED) is 0.360. The number of aryl methyl sites for hydroxylation is 1. The molecule has 1 aromatic carbocycles. The minimum atomic E-state index is 0. The Kier molecular flexibility index (Phi) is 8.78. The Morgan fingerprint density at radius 3 is 2.78 bits per heavy atom. The van der Waals surface area contributed by atoms with Crippen molar-refractivity contribution < 1.29 is 4.74 Å².